The number of ether oxygens (including phenoxy) is 1. The van der Waals surface area contributed by atoms with Gasteiger partial charge in [0.05, 0.1) is 17.1 Å². The summed E-state index contributed by atoms with van der Waals surface area (Å²) in [6, 6.07) is 6.03. The molecule has 1 fully saturated rings. The van der Waals surface area contributed by atoms with E-state index < -0.39 is 0 Å². The number of rotatable bonds is 5. The monoisotopic (exact) mass is 373 g/mol. The molecule has 1 aliphatic rings. The second-order valence-electron chi connectivity index (χ2n) is 6.94. The summed E-state index contributed by atoms with van der Waals surface area (Å²) in [6.07, 6.45) is 3.23. The lowest BCUT2D eigenvalue weighted by Gasteiger charge is -2.36. The molecule has 0 bridgehead atoms. The topological polar surface area (TPSA) is 54.5 Å². The fourth-order valence-electron chi connectivity index (χ4n) is 3.33. The third-order valence-electron chi connectivity index (χ3n) is 4.57. The van der Waals surface area contributed by atoms with Crippen LogP contribution >= 0.6 is 11.3 Å². The summed E-state index contributed by atoms with van der Waals surface area (Å²) in [5.74, 6) is 0.946. The predicted molar refractivity (Wildman–Crippen MR) is 106 cm³/mol. The van der Waals surface area contributed by atoms with E-state index in [1.165, 1.54) is 10.4 Å². The van der Waals surface area contributed by atoms with Gasteiger partial charge in [-0.05, 0) is 50.5 Å². The largest absolute Gasteiger partial charge is 0.372 e. The maximum Gasteiger partial charge on any atom is 0.261 e. The Balaban J connectivity index is 1.58. The Labute approximate surface area is 159 Å². The van der Waals surface area contributed by atoms with Crippen LogP contribution in [0.3, 0.4) is 0 Å². The zero-order chi connectivity index (χ0) is 18.7. The highest BCUT2D eigenvalue weighted by Crippen LogP contribution is 2.22. The summed E-state index contributed by atoms with van der Waals surface area (Å²) >= 11 is 1.58. The van der Waals surface area contributed by atoms with E-state index >= 15 is 0 Å². The first-order valence-electron chi connectivity index (χ1n) is 9.19. The van der Waals surface area contributed by atoms with Crippen LogP contribution in [0.15, 0.2) is 24.4 Å². The Morgan fingerprint density at radius 1 is 1.35 bits per heavy atom. The summed E-state index contributed by atoms with van der Waals surface area (Å²) in [5.41, 5.74) is 2.20. The van der Waals surface area contributed by atoms with Crippen molar-refractivity contribution in [2.45, 2.75) is 52.9 Å². The molecule has 2 unspecified atom stereocenters. The summed E-state index contributed by atoms with van der Waals surface area (Å²) in [5, 5.41) is 2.99. The maximum atomic E-state index is 12.3. The summed E-state index contributed by atoms with van der Waals surface area (Å²) in [6.45, 7) is 10.5. The minimum absolute atomic E-state index is 0.0160. The zero-order valence-electron chi connectivity index (χ0n) is 15.9. The number of hydrogen-bond acceptors (Lipinski definition) is 5. The van der Waals surface area contributed by atoms with Crippen LogP contribution in [0.1, 0.15) is 46.4 Å². The van der Waals surface area contributed by atoms with Gasteiger partial charge < -0.3 is 15.0 Å². The lowest BCUT2D eigenvalue weighted by atomic mass is 10.2. The second-order valence-corrected chi connectivity index (χ2v) is 8.08. The number of nitrogens with one attached hydrogen (secondary N) is 1. The SMILES string of the molecule is CCc1sc(C(=O)NCc2ccc(N3CC(C)OC(C)C3)nc2)cc1C. The van der Waals surface area contributed by atoms with Crippen LogP contribution < -0.4 is 10.2 Å². The van der Waals surface area contributed by atoms with E-state index in [4.69, 9.17) is 4.74 Å². The molecule has 0 saturated carbocycles. The van der Waals surface area contributed by atoms with Gasteiger partial charge in [-0.3, -0.25) is 4.79 Å². The summed E-state index contributed by atoms with van der Waals surface area (Å²) < 4.78 is 5.77. The number of anilines is 1. The van der Waals surface area contributed by atoms with Crippen molar-refractivity contribution in [3.8, 4) is 0 Å². The average molecular weight is 374 g/mol. The van der Waals surface area contributed by atoms with Gasteiger partial charge in [-0.2, -0.15) is 0 Å². The van der Waals surface area contributed by atoms with Gasteiger partial charge in [0.15, 0.2) is 0 Å². The molecule has 3 rings (SSSR count). The van der Waals surface area contributed by atoms with Gasteiger partial charge >= 0.3 is 0 Å². The molecule has 0 aliphatic carbocycles. The Kier molecular flexibility index (Phi) is 5.94. The number of thiophene rings is 1. The van der Waals surface area contributed by atoms with Gasteiger partial charge in [0, 0.05) is 30.7 Å². The fourth-order valence-corrected chi connectivity index (χ4v) is 4.36. The molecular weight excluding hydrogens is 346 g/mol. The number of aromatic nitrogens is 1. The lowest BCUT2D eigenvalue weighted by Crippen LogP contribution is -2.45. The van der Waals surface area contributed by atoms with Crippen molar-refractivity contribution in [1.82, 2.24) is 10.3 Å². The van der Waals surface area contributed by atoms with Gasteiger partial charge in [0.1, 0.15) is 5.82 Å². The highest BCUT2D eigenvalue weighted by atomic mass is 32.1. The van der Waals surface area contributed by atoms with Gasteiger partial charge in [0.25, 0.3) is 5.91 Å². The van der Waals surface area contributed by atoms with Gasteiger partial charge in [0.2, 0.25) is 0 Å². The van der Waals surface area contributed by atoms with Gasteiger partial charge in [-0.25, -0.2) is 4.98 Å². The van der Waals surface area contributed by atoms with E-state index in [-0.39, 0.29) is 18.1 Å². The van der Waals surface area contributed by atoms with Crippen LogP contribution in [0.5, 0.6) is 0 Å². The van der Waals surface area contributed by atoms with E-state index in [0.29, 0.717) is 6.54 Å². The van der Waals surface area contributed by atoms with Crippen LogP contribution in [0.4, 0.5) is 5.82 Å². The van der Waals surface area contributed by atoms with Crippen molar-refractivity contribution in [2.24, 2.45) is 0 Å². The average Bonchev–Trinajstić information content (AvgIpc) is 3.00. The number of amides is 1. The fraction of sp³-hybridized carbons (Fsp3) is 0.500. The Morgan fingerprint density at radius 2 is 2.08 bits per heavy atom. The number of nitrogens with zero attached hydrogens (tertiary/aromatic N) is 2. The molecule has 3 heterocycles. The molecule has 1 aliphatic heterocycles. The molecule has 26 heavy (non-hydrogen) atoms. The number of morpholine rings is 1. The Hall–Kier alpha value is -1.92. The Morgan fingerprint density at radius 3 is 2.65 bits per heavy atom. The van der Waals surface area contributed by atoms with E-state index in [1.807, 2.05) is 24.4 Å². The summed E-state index contributed by atoms with van der Waals surface area (Å²) in [4.78, 5) is 21.2. The van der Waals surface area contributed by atoms with Crippen molar-refractivity contribution in [3.63, 3.8) is 0 Å². The molecule has 0 spiro atoms. The molecule has 5 nitrogen and oxygen atoms in total. The molecule has 6 heteroatoms. The first-order chi connectivity index (χ1) is 12.5. The van der Waals surface area contributed by atoms with Crippen LogP contribution in [-0.2, 0) is 17.7 Å². The molecular formula is C20H27N3O2S. The molecule has 140 valence electrons. The molecule has 0 radical (unpaired) electrons. The molecule has 2 aromatic rings. The van der Waals surface area contributed by atoms with Crippen molar-refractivity contribution >= 4 is 23.1 Å². The second kappa shape index (κ2) is 8.18. The normalized spacial score (nSPS) is 20.2. The maximum absolute atomic E-state index is 12.3. The van der Waals surface area contributed by atoms with Crippen molar-refractivity contribution in [3.05, 3.63) is 45.3 Å². The van der Waals surface area contributed by atoms with Crippen LogP contribution in [-0.4, -0.2) is 36.2 Å². The van der Waals surface area contributed by atoms with Crippen molar-refractivity contribution in [1.29, 1.82) is 0 Å². The van der Waals surface area contributed by atoms with Crippen molar-refractivity contribution < 1.29 is 9.53 Å². The van der Waals surface area contributed by atoms with E-state index in [1.54, 1.807) is 11.3 Å². The van der Waals surface area contributed by atoms with E-state index in [0.717, 1.165) is 35.8 Å². The summed E-state index contributed by atoms with van der Waals surface area (Å²) in [7, 11) is 0. The minimum Gasteiger partial charge on any atom is -0.372 e. The van der Waals surface area contributed by atoms with Crippen molar-refractivity contribution in [2.75, 3.05) is 18.0 Å². The number of aryl methyl sites for hydroxylation is 2. The standard InChI is InChI=1S/C20H27N3O2S/c1-5-17-13(2)8-18(26-17)20(24)22-10-16-6-7-19(21-9-16)23-11-14(3)25-15(4)12-23/h6-9,14-15H,5,10-12H2,1-4H3,(H,22,24). The molecule has 2 aromatic heterocycles. The third-order valence-corrected chi connectivity index (χ3v) is 5.95. The highest BCUT2D eigenvalue weighted by Gasteiger charge is 2.23. The molecule has 1 N–H and O–H groups in total. The third kappa shape index (κ3) is 4.43. The molecule has 0 aromatic carbocycles. The number of hydrogen-bond donors (Lipinski definition) is 1. The minimum atomic E-state index is -0.0160. The van der Waals surface area contributed by atoms with Crippen LogP contribution in [0, 0.1) is 6.92 Å². The zero-order valence-corrected chi connectivity index (χ0v) is 16.7. The first-order valence-corrected chi connectivity index (χ1v) is 10.0. The number of pyridine rings is 1. The predicted octanol–water partition coefficient (Wildman–Crippen LogP) is 3.56. The van der Waals surface area contributed by atoms with Gasteiger partial charge in [-0.15, -0.1) is 11.3 Å². The molecule has 1 amide bonds. The van der Waals surface area contributed by atoms with Crippen LogP contribution in [0.25, 0.3) is 0 Å². The molecule has 1 saturated heterocycles. The number of carbonyl (C=O) groups excluding carboxylic acids is 1. The highest BCUT2D eigenvalue weighted by molar-refractivity contribution is 7.14. The van der Waals surface area contributed by atoms with Gasteiger partial charge in [-0.1, -0.05) is 13.0 Å². The molecule has 2 atom stereocenters. The smallest absolute Gasteiger partial charge is 0.261 e. The lowest BCUT2D eigenvalue weighted by molar-refractivity contribution is -0.00546. The van der Waals surface area contributed by atoms with Crippen LogP contribution in [0.2, 0.25) is 0 Å². The van der Waals surface area contributed by atoms with E-state index in [9.17, 15) is 4.79 Å². The quantitative estimate of drug-likeness (QED) is 0.871. The van der Waals surface area contributed by atoms with E-state index in [2.05, 4.69) is 42.9 Å². The number of carbonyl (C=O) groups is 1. The Bertz CT molecular complexity index is 747. The first kappa shape index (κ1) is 18.9.